The predicted molar refractivity (Wildman–Crippen MR) is 109 cm³/mol. The molecule has 1 N–H and O–H groups in total. The quantitative estimate of drug-likeness (QED) is 0.758. The highest BCUT2D eigenvalue weighted by atomic mass is 16.5. The molecule has 0 saturated carbocycles. The molecule has 3 heterocycles. The average Bonchev–Trinajstić information content (AvgIpc) is 2.92. The van der Waals surface area contributed by atoms with E-state index in [1.165, 1.54) is 10.9 Å². The van der Waals surface area contributed by atoms with Crippen molar-refractivity contribution in [2.45, 2.75) is 26.3 Å². The molecule has 6 nitrogen and oxygen atoms in total. The molecule has 1 aromatic carbocycles. The molecule has 1 aliphatic rings. The van der Waals surface area contributed by atoms with Crippen LogP contribution in [-0.4, -0.2) is 46.7 Å². The van der Waals surface area contributed by atoms with Crippen molar-refractivity contribution in [1.29, 1.82) is 0 Å². The number of nitrogens with zero attached hydrogens (tertiary/aromatic N) is 2. The van der Waals surface area contributed by atoms with Crippen molar-refractivity contribution < 1.29 is 9.53 Å². The second-order valence-corrected chi connectivity index (χ2v) is 7.24. The summed E-state index contributed by atoms with van der Waals surface area (Å²) in [5.74, 6) is -0.186. The molecule has 1 fully saturated rings. The Morgan fingerprint density at radius 3 is 2.93 bits per heavy atom. The zero-order valence-corrected chi connectivity index (χ0v) is 16.1. The molecule has 2 aromatic heterocycles. The van der Waals surface area contributed by atoms with Crippen LogP contribution in [0.25, 0.3) is 10.9 Å². The van der Waals surface area contributed by atoms with Gasteiger partial charge in [0, 0.05) is 49.5 Å². The predicted octanol–water partition coefficient (Wildman–Crippen LogP) is 2.74. The number of benzene rings is 1. The van der Waals surface area contributed by atoms with Gasteiger partial charge in [0.15, 0.2) is 0 Å². The molecule has 0 spiro atoms. The molecule has 6 heteroatoms. The summed E-state index contributed by atoms with van der Waals surface area (Å²) in [5.41, 5.74) is 3.05. The Hall–Kier alpha value is -2.86. The third kappa shape index (κ3) is 3.60. The highest BCUT2D eigenvalue weighted by Gasteiger charge is 2.23. The van der Waals surface area contributed by atoms with Gasteiger partial charge in [0.1, 0.15) is 5.56 Å². The van der Waals surface area contributed by atoms with Crippen molar-refractivity contribution in [3.8, 4) is 0 Å². The zero-order chi connectivity index (χ0) is 19.5. The maximum absolute atomic E-state index is 13.1. The summed E-state index contributed by atoms with van der Waals surface area (Å²) in [6.07, 6.45) is 5.30. The summed E-state index contributed by atoms with van der Waals surface area (Å²) in [4.78, 5) is 31.1. The molecule has 0 radical (unpaired) electrons. The molecular weight excluding hydrogens is 354 g/mol. The number of aryl methyl sites for hydroxylation is 3. The average molecular weight is 379 g/mol. The van der Waals surface area contributed by atoms with E-state index in [2.05, 4.69) is 11.1 Å². The minimum absolute atomic E-state index is 0.186. The number of aromatic nitrogens is 2. The largest absolute Gasteiger partial charge is 0.380 e. The minimum Gasteiger partial charge on any atom is -0.380 e. The summed E-state index contributed by atoms with van der Waals surface area (Å²) in [5, 5.41) is 1.17. The van der Waals surface area contributed by atoms with Gasteiger partial charge in [-0.05, 0) is 43.0 Å². The summed E-state index contributed by atoms with van der Waals surface area (Å²) < 4.78 is 7.08. The number of amides is 1. The van der Waals surface area contributed by atoms with Gasteiger partial charge in [-0.2, -0.15) is 0 Å². The molecule has 146 valence electrons. The first-order chi connectivity index (χ1) is 13.6. The van der Waals surface area contributed by atoms with E-state index in [1.54, 1.807) is 15.7 Å². The lowest BCUT2D eigenvalue weighted by atomic mass is 10.1. The summed E-state index contributed by atoms with van der Waals surface area (Å²) >= 11 is 0. The number of hydrogen-bond acceptors (Lipinski definition) is 3. The van der Waals surface area contributed by atoms with Crippen LogP contribution in [0.4, 0.5) is 0 Å². The van der Waals surface area contributed by atoms with Crippen LogP contribution in [0.3, 0.4) is 0 Å². The Balaban J connectivity index is 1.58. The van der Waals surface area contributed by atoms with Gasteiger partial charge in [0.05, 0.1) is 6.61 Å². The minimum atomic E-state index is -0.213. The highest BCUT2D eigenvalue weighted by molar-refractivity contribution is 5.95. The third-order valence-corrected chi connectivity index (χ3v) is 5.39. The van der Waals surface area contributed by atoms with Crippen LogP contribution < -0.4 is 5.56 Å². The lowest BCUT2D eigenvalue weighted by Crippen LogP contribution is -2.39. The van der Waals surface area contributed by atoms with Crippen molar-refractivity contribution >= 4 is 16.8 Å². The molecule has 0 atom stereocenters. The van der Waals surface area contributed by atoms with E-state index in [9.17, 15) is 9.59 Å². The lowest BCUT2D eigenvalue weighted by Gasteiger charge is -2.21. The Morgan fingerprint density at radius 2 is 2.04 bits per heavy atom. The number of nitrogens with one attached hydrogen (secondary N) is 1. The topological polar surface area (TPSA) is 67.3 Å². The van der Waals surface area contributed by atoms with Crippen LogP contribution in [-0.2, 0) is 17.7 Å². The monoisotopic (exact) mass is 379 g/mol. The first-order valence-electron chi connectivity index (χ1n) is 9.77. The van der Waals surface area contributed by atoms with E-state index in [0.29, 0.717) is 32.8 Å². The molecule has 0 unspecified atom stereocenters. The van der Waals surface area contributed by atoms with Crippen molar-refractivity contribution in [3.05, 3.63) is 69.8 Å². The number of carbonyl (C=O) groups excluding carboxylic acids is 1. The van der Waals surface area contributed by atoms with Gasteiger partial charge in [-0.15, -0.1) is 0 Å². The molecule has 1 aliphatic heterocycles. The van der Waals surface area contributed by atoms with Crippen molar-refractivity contribution in [3.63, 3.8) is 0 Å². The van der Waals surface area contributed by atoms with E-state index in [-0.39, 0.29) is 17.0 Å². The SMILES string of the molecule is Cc1ccn(CCc2c[nH]c3ccccc23)c(=O)c1C(=O)N1CCCOCC1. The number of H-pyrrole nitrogens is 1. The van der Waals surface area contributed by atoms with Gasteiger partial charge in [0.2, 0.25) is 0 Å². The number of para-hydroxylation sites is 1. The molecule has 0 bridgehead atoms. The number of rotatable bonds is 4. The Bertz CT molecular complexity index is 1040. The van der Waals surface area contributed by atoms with E-state index in [1.807, 2.05) is 37.4 Å². The summed E-state index contributed by atoms with van der Waals surface area (Å²) in [6.45, 7) is 4.69. The van der Waals surface area contributed by atoms with E-state index in [0.717, 1.165) is 23.9 Å². The highest BCUT2D eigenvalue weighted by Crippen LogP contribution is 2.18. The Labute approximate surface area is 163 Å². The number of carbonyl (C=O) groups is 1. The first-order valence-corrected chi connectivity index (χ1v) is 9.77. The molecule has 28 heavy (non-hydrogen) atoms. The number of hydrogen-bond donors (Lipinski definition) is 1. The number of pyridine rings is 1. The molecule has 1 saturated heterocycles. The smallest absolute Gasteiger partial charge is 0.263 e. The van der Waals surface area contributed by atoms with Crippen LogP contribution in [0.1, 0.15) is 27.9 Å². The molecule has 1 amide bonds. The van der Waals surface area contributed by atoms with Gasteiger partial charge in [-0.3, -0.25) is 9.59 Å². The molecule has 0 aliphatic carbocycles. The third-order valence-electron chi connectivity index (χ3n) is 5.39. The lowest BCUT2D eigenvalue weighted by molar-refractivity contribution is 0.0738. The van der Waals surface area contributed by atoms with E-state index < -0.39 is 0 Å². The van der Waals surface area contributed by atoms with E-state index in [4.69, 9.17) is 4.74 Å². The van der Waals surface area contributed by atoms with Gasteiger partial charge in [-0.25, -0.2) is 0 Å². The van der Waals surface area contributed by atoms with Gasteiger partial charge in [-0.1, -0.05) is 18.2 Å². The Morgan fingerprint density at radius 1 is 1.18 bits per heavy atom. The normalized spacial score (nSPS) is 15.0. The van der Waals surface area contributed by atoms with Crippen molar-refractivity contribution in [2.24, 2.45) is 0 Å². The molecule has 3 aromatic rings. The zero-order valence-electron chi connectivity index (χ0n) is 16.1. The van der Waals surface area contributed by atoms with Crippen LogP contribution in [0.15, 0.2) is 47.5 Å². The summed E-state index contributed by atoms with van der Waals surface area (Å²) in [6, 6.07) is 9.99. The Kier molecular flexibility index (Phi) is 5.30. The van der Waals surface area contributed by atoms with Crippen molar-refractivity contribution in [1.82, 2.24) is 14.5 Å². The molecular formula is C22H25N3O3. The summed E-state index contributed by atoms with van der Waals surface area (Å²) in [7, 11) is 0. The maximum Gasteiger partial charge on any atom is 0.263 e. The molecule has 4 rings (SSSR count). The number of fused-ring (bicyclic) bond motifs is 1. The fourth-order valence-corrected chi connectivity index (χ4v) is 3.79. The number of aromatic amines is 1. The first kappa shape index (κ1) is 18.5. The van der Waals surface area contributed by atoms with Crippen LogP contribution in [0.2, 0.25) is 0 Å². The van der Waals surface area contributed by atoms with Gasteiger partial charge < -0.3 is 19.2 Å². The fraction of sp³-hybridized carbons (Fsp3) is 0.364. The van der Waals surface area contributed by atoms with Crippen molar-refractivity contribution in [2.75, 3.05) is 26.3 Å². The van der Waals surface area contributed by atoms with Crippen LogP contribution >= 0.6 is 0 Å². The second kappa shape index (κ2) is 8.02. The van der Waals surface area contributed by atoms with Gasteiger partial charge >= 0.3 is 0 Å². The second-order valence-electron chi connectivity index (χ2n) is 7.24. The van der Waals surface area contributed by atoms with Crippen LogP contribution in [0, 0.1) is 6.92 Å². The van der Waals surface area contributed by atoms with Gasteiger partial charge in [0.25, 0.3) is 11.5 Å². The maximum atomic E-state index is 13.1. The fourth-order valence-electron chi connectivity index (χ4n) is 3.79. The van der Waals surface area contributed by atoms with Crippen LogP contribution in [0.5, 0.6) is 0 Å². The van der Waals surface area contributed by atoms with E-state index >= 15 is 0 Å². The standard InChI is InChI=1S/C22H25N3O3/c1-16-7-10-25(11-8-17-15-23-19-6-3-2-5-18(17)19)22(27)20(16)21(26)24-9-4-13-28-14-12-24/h2-3,5-7,10,15,23H,4,8-9,11-14H2,1H3. The number of ether oxygens (including phenoxy) is 1.